The number of nitrogens with zero attached hydrogens (tertiary/aromatic N) is 2. The molecular weight excluding hydrogens is 310 g/mol. The number of aromatic amines is 1. The minimum atomic E-state index is 0.528. The highest BCUT2D eigenvalue weighted by molar-refractivity contribution is 5.94. The molecule has 4 rings (SSSR count). The van der Waals surface area contributed by atoms with Crippen molar-refractivity contribution < 1.29 is 0 Å². The molecule has 0 saturated heterocycles. The first-order valence-corrected chi connectivity index (χ1v) is 8.25. The molecule has 0 bridgehead atoms. The molecule has 4 N–H and O–H groups in total. The molecule has 0 atom stereocenters. The van der Waals surface area contributed by atoms with Crippen LogP contribution in [0.15, 0.2) is 67.0 Å². The normalized spacial score (nSPS) is 10.9. The maximum absolute atomic E-state index is 5.79. The fourth-order valence-electron chi connectivity index (χ4n) is 2.92. The molecule has 0 aliphatic heterocycles. The highest BCUT2D eigenvalue weighted by Gasteiger charge is 2.09. The van der Waals surface area contributed by atoms with Crippen molar-refractivity contribution in [2.45, 2.75) is 13.1 Å². The van der Waals surface area contributed by atoms with E-state index < -0.39 is 0 Å². The van der Waals surface area contributed by atoms with Gasteiger partial charge in [0.2, 0.25) is 0 Å². The van der Waals surface area contributed by atoms with Gasteiger partial charge in [-0.05, 0) is 47.0 Å². The number of hydrogen-bond acceptors (Lipinski definition) is 4. The lowest BCUT2D eigenvalue weighted by molar-refractivity contribution is 1.03. The summed E-state index contributed by atoms with van der Waals surface area (Å²) in [7, 11) is 0. The van der Waals surface area contributed by atoms with E-state index in [9.17, 15) is 0 Å². The van der Waals surface area contributed by atoms with Crippen LogP contribution in [0.4, 0.5) is 5.82 Å². The SMILES string of the molecule is NCc1cccc(-c2cc(NCc3ccccn3)nc3[nH]ccc23)c1. The van der Waals surface area contributed by atoms with Crippen LogP contribution in [0.3, 0.4) is 0 Å². The largest absolute Gasteiger partial charge is 0.364 e. The maximum Gasteiger partial charge on any atom is 0.140 e. The van der Waals surface area contributed by atoms with E-state index in [1.54, 1.807) is 6.20 Å². The predicted octanol–water partition coefficient (Wildman–Crippen LogP) is 3.70. The molecule has 3 heterocycles. The number of nitrogens with two attached hydrogens (primary N) is 1. The topological polar surface area (TPSA) is 79.6 Å². The van der Waals surface area contributed by atoms with Gasteiger partial charge in [0.1, 0.15) is 11.5 Å². The molecule has 5 heteroatoms. The number of rotatable bonds is 5. The second-order valence-corrected chi connectivity index (χ2v) is 5.87. The van der Waals surface area contributed by atoms with E-state index in [4.69, 9.17) is 5.73 Å². The number of nitrogens with one attached hydrogen (secondary N) is 2. The molecule has 124 valence electrons. The highest BCUT2D eigenvalue weighted by atomic mass is 15.0. The summed E-state index contributed by atoms with van der Waals surface area (Å²) < 4.78 is 0. The molecule has 1 aromatic carbocycles. The molecular formula is C20H19N5. The Morgan fingerprint density at radius 2 is 2.00 bits per heavy atom. The zero-order valence-electron chi connectivity index (χ0n) is 13.7. The third kappa shape index (κ3) is 3.22. The van der Waals surface area contributed by atoms with Crippen LogP contribution in [-0.4, -0.2) is 15.0 Å². The molecule has 0 saturated carbocycles. The van der Waals surface area contributed by atoms with E-state index in [0.29, 0.717) is 13.1 Å². The van der Waals surface area contributed by atoms with Crippen LogP contribution in [0.1, 0.15) is 11.3 Å². The van der Waals surface area contributed by atoms with Gasteiger partial charge in [-0.1, -0.05) is 24.3 Å². The van der Waals surface area contributed by atoms with Crippen LogP contribution < -0.4 is 11.1 Å². The van der Waals surface area contributed by atoms with E-state index >= 15 is 0 Å². The number of pyridine rings is 2. The summed E-state index contributed by atoms with van der Waals surface area (Å²) in [4.78, 5) is 12.2. The summed E-state index contributed by atoms with van der Waals surface area (Å²) in [5.41, 5.74) is 11.0. The quantitative estimate of drug-likeness (QED) is 0.521. The molecule has 0 fully saturated rings. The molecule has 3 aromatic heterocycles. The predicted molar refractivity (Wildman–Crippen MR) is 101 cm³/mol. The fourth-order valence-corrected chi connectivity index (χ4v) is 2.92. The first-order valence-electron chi connectivity index (χ1n) is 8.25. The van der Waals surface area contributed by atoms with E-state index in [0.717, 1.165) is 39.2 Å². The van der Waals surface area contributed by atoms with Gasteiger partial charge in [-0.2, -0.15) is 0 Å². The van der Waals surface area contributed by atoms with E-state index in [-0.39, 0.29) is 0 Å². The van der Waals surface area contributed by atoms with Crippen molar-refractivity contribution >= 4 is 16.9 Å². The Bertz CT molecular complexity index is 991. The molecule has 4 aromatic rings. The lowest BCUT2D eigenvalue weighted by Gasteiger charge is -2.10. The summed E-state index contributed by atoms with van der Waals surface area (Å²) in [6.45, 7) is 1.16. The number of H-pyrrole nitrogens is 1. The van der Waals surface area contributed by atoms with Gasteiger partial charge in [-0.3, -0.25) is 4.98 Å². The van der Waals surface area contributed by atoms with Crippen molar-refractivity contribution in [3.8, 4) is 11.1 Å². The van der Waals surface area contributed by atoms with Crippen molar-refractivity contribution in [1.29, 1.82) is 0 Å². The Morgan fingerprint density at radius 3 is 2.84 bits per heavy atom. The second-order valence-electron chi connectivity index (χ2n) is 5.87. The number of aromatic nitrogens is 3. The van der Waals surface area contributed by atoms with Gasteiger partial charge in [-0.25, -0.2) is 4.98 Å². The Kier molecular flexibility index (Phi) is 4.14. The molecule has 0 unspecified atom stereocenters. The van der Waals surface area contributed by atoms with Crippen molar-refractivity contribution in [2.24, 2.45) is 5.73 Å². The lowest BCUT2D eigenvalue weighted by Crippen LogP contribution is -2.03. The summed E-state index contributed by atoms with van der Waals surface area (Å²) in [5, 5.41) is 4.46. The second kappa shape index (κ2) is 6.75. The number of fused-ring (bicyclic) bond motifs is 1. The maximum atomic E-state index is 5.79. The van der Waals surface area contributed by atoms with Gasteiger partial charge >= 0.3 is 0 Å². The first-order chi connectivity index (χ1) is 12.3. The minimum absolute atomic E-state index is 0.528. The number of anilines is 1. The fraction of sp³-hybridized carbons (Fsp3) is 0.100. The average molecular weight is 329 g/mol. The Balaban J connectivity index is 1.72. The lowest BCUT2D eigenvalue weighted by atomic mass is 10.0. The van der Waals surface area contributed by atoms with Crippen LogP contribution >= 0.6 is 0 Å². The van der Waals surface area contributed by atoms with Crippen LogP contribution in [-0.2, 0) is 13.1 Å². The number of benzene rings is 1. The summed E-state index contributed by atoms with van der Waals surface area (Å²) >= 11 is 0. The Morgan fingerprint density at radius 1 is 1.04 bits per heavy atom. The molecule has 0 spiro atoms. The van der Waals surface area contributed by atoms with Crippen molar-refractivity contribution in [3.63, 3.8) is 0 Å². The molecule has 0 aliphatic carbocycles. The van der Waals surface area contributed by atoms with Gasteiger partial charge < -0.3 is 16.0 Å². The van der Waals surface area contributed by atoms with Crippen LogP contribution in [0.5, 0.6) is 0 Å². The van der Waals surface area contributed by atoms with Crippen LogP contribution in [0.2, 0.25) is 0 Å². The van der Waals surface area contributed by atoms with Gasteiger partial charge in [0.25, 0.3) is 0 Å². The third-order valence-corrected chi connectivity index (χ3v) is 4.18. The molecule has 0 radical (unpaired) electrons. The monoisotopic (exact) mass is 329 g/mol. The highest BCUT2D eigenvalue weighted by Crippen LogP contribution is 2.30. The molecule has 0 amide bonds. The standard InChI is InChI=1S/C20H19N5/c21-12-14-4-3-5-15(10-14)18-11-19(25-20-17(18)7-9-23-20)24-13-16-6-1-2-8-22-16/h1-11H,12-13,21H2,(H2,23,24,25). The third-order valence-electron chi connectivity index (χ3n) is 4.18. The zero-order chi connectivity index (χ0) is 17.1. The summed E-state index contributed by atoms with van der Waals surface area (Å²) in [6.07, 6.45) is 3.71. The molecule has 5 nitrogen and oxygen atoms in total. The smallest absolute Gasteiger partial charge is 0.140 e. The molecule has 25 heavy (non-hydrogen) atoms. The van der Waals surface area contributed by atoms with Crippen LogP contribution in [0.25, 0.3) is 22.2 Å². The Hall–Kier alpha value is -3.18. The van der Waals surface area contributed by atoms with Gasteiger partial charge in [0.05, 0.1) is 12.2 Å². The van der Waals surface area contributed by atoms with Crippen molar-refractivity contribution in [2.75, 3.05) is 5.32 Å². The van der Waals surface area contributed by atoms with E-state index in [2.05, 4.69) is 44.5 Å². The van der Waals surface area contributed by atoms with Crippen molar-refractivity contribution in [1.82, 2.24) is 15.0 Å². The molecule has 0 aliphatic rings. The van der Waals surface area contributed by atoms with Crippen molar-refractivity contribution in [3.05, 3.63) is 78.2 Å². The van der Waals surface area contributed by atoms with Gasteiger partial charge in [0, 0.05) is 24.3 Å². The average Bonchev–Trinajstić information content (AvgIpc) is 3.15. The first kappa shape index (κ1) is 15.4. The van der Waals surface area contributed by atoms with E-state index in [1.165, 1.54) is 0 Å². The van der Waals surface area contributed by atoms with Crippen LogP contribution in [0, 0.1) is 0 Å². The van der Waals surface area contributed by atoms with Gasteiger partial charge in [-0.15, -0.1) is 0 Å². The summed E-state index contributed by atoms with van der Waals surface area (Å²) in [6, 6.07) is 18.3. The summed E-state index contributed by atoms with van der Waals surface area (Å²) in [5.74, 6) is 0.814. The van der Waals surface area contributed by atoms with E-state index in [1.807, 2.05) is 36.5 Å². The minimum Gasteiger partial charge on any atom is -0.364 e. The Labute approximate surface area is 145 Å². The number of hydrogen-bond donors (Lipinski definition) is 3. The van der Waals surface area contributed by atoms with Gasteiger partial charge in [0.15, 0.2) is 0 Å². The zero-order valence-corrected chi connectivity index (χ0v) is 13.7.